The molecule has 3 N–H and O–H groups in total. The highest BCUT2D eigenvalue weighted by Crippen LogP contribution is 2.28. The number of aromatic amines is 1. The van der Waals surface area contributed by atoms with Gasteiger partial charge in [-0.05, 0) is 17.7 Å². The molecule has 0 spiro atoms. The Morgan fingerprint density at radius 1 is 1.12 bits per heavy atom. The van der Waals surface area contributed by atoms with Crippen molar-refractivity contribution in [3.63, 3.8) is 0 Å². The van der Waals surface area contributed by atoms with E-state index in [1.807, 2.05) is 30.3 Å². The first kappa shape index (κ1) is 20.0. The highest BCUT2D eigenvalue weighted by molar-refractivity contribution is 5.94. The molecule has 1 aliphatic heterocycles. The number of alkyl halides is 3. The van der Waals surface area contributed by atoms with E-state index >= 15 is 0 Å². The topological polar surface area (TPSA) is 79.2 Å². The minimum Gasteiger partial charge on any atom is -0.336 e. The molecular weight excluding hydrogens is 371 g/mol. The van der Waals surface area contributed by atoms with Gasteiger partial charge in [-0.1, -0.05) is 30.3 Å². The smallest absolute Gasteiger partial charge is 0.336 e. The zero-order valence-corrected chi connectivity index (χ0v) is 14.3. The predicted octanol–water partition coefficient (Wildman–Crippen LogP) is 2.38. The van der Waals surface area contributed by atoms with Crippen molar-refractivity contribution in [2.24, 2.45) is 5.73 Å². The molecule has 1 saturated heterocycles. The second kappa shape index (κ2) is 7.51. The van der Waals surface area contributed by atoms with Gasteiger partial charge in [-0.3, -0.25) is 9.59 Å². The summed E-state index contributed by atoms with van der Waals surface area (Å²) in [5.41, 5.74) is 4.52. The third kappa shape index (κ3) is 3.91. The van der Waals surface area contributed by atoms with Gasteiger partial charge in [0.25, 0.3) is 11.5 Å². The van der Waals surface area contributed by atoms with Crippen LogP contribution in [0.1, 0.15) is 27.5 Å². The number of nitrogens with two attached hydrogens (primary N) is 1. The van der Waals surface area contributed by atoms with Gasteiger partial charge in [-0.2, -0.15) is 13.2 Å². The monoisotopic (exact) mass is 387 g/mol. The summed E-state index contributed by atoms with van der Waals surface area (Å²) in [5, 5.41) is 0. The number of amides is 1. The lowest BCUT2D eigenvalue weighted by molar-refractivity contribution is -0.141. The molecule has 5 nitrogen and oxygen atoms in total. The van der Waals surface area contributed by atoms with Gasteiger partial charge < -0.3 is 15.6 Å². The van der Waals surface area contributed by atoms with E-state index in [0.717, 1.165) is 11.6 Å². The summed E-state index contributed by atoms with van der Waals surface area (Å²) in [4.78, 5) is 27.5. The lowest BCUT2D eigenvalue weighted by Crippen LogP contribution is -2.35. The highest BCUT2D eigenvalue weighted by Gasteiger charge is 2.36. The summed E-state index contributed by atoms with van der Waals surface area (Å²) >= 11 is 0. The molecule has 140 valence electrons. The second-order valence-electron chi connectivity index (χ2n) is 6.00. The van der Waals surface area contributed by atoms with E-state index in [9.17, 15) is 22.8 Å². The molecule has 0 aliphatic carbocycles. The van der Waals surface area contributed by atoms with Crippen LogP contribution in [-0.4, -0.2) is 34.9 Å². The Morgan fingerprint density at radius 3 is 2.35 bits per heavy atom. The first-order chi connectivity index (χ1) is 11.8. The maximum Gasteiger partial charge on any atom is 0.431 e. The molecule has 1 fully saturated rings. The number of hydrogen-bond acceptors (Lipinski definition) is 3. The number of aromatic nitrogens is 1. The fourth-order valence-corrected chi connectivity index (χ4v) is 3.03. The van der Waals surface area contributed by atoms with Crippen LogP contribution in [0.4, 0.5) is 13.2 Å². The number of hydrogen-bond donors (Lipinski definition) is 2. The number of pyridine rings is 1. The quantitative estimate of drug-likeness (QED) is 0.830. The van der Waals surface area contributed by atoms with E-state index in [1.165, 1.54) is 4.90 Å². The molecule has 0 unspecified atom stereocenters. The van der Waals surface area contributed by atoms with Crippen molar-refractivity contribution in [3.05, 3.63) is 69.6 Å². The van der Waals surface area contributed by atoms with Crippen molar-refractivity contribution in [1.29, 1.82) is 0 Å². The van der Waals surface area contributed by atoms with Crippen molar-refractivity contribution < 1.29 is 18.0 Å². The molecule has 0 saturated carbocycles. The van der Waals surface area contributed by atoms with Gasteiger partial charge in [0.05, 0.1) is 0 Å². The van der Waals surface area contributed by atoms with Gasteiger partial charge in [0, 0.05) is 25.0 Å². The lowest BCUT2D eigenvalue weighted by atomic mass is 9.95. The summed E-state index contributed by atoms with van der Waals surface area (Å²) in [6.07, 6.45) is -4.67. The molecule has 3 rings (SSSR count). The zero-order chi connectivity index (χ0) is 18.2. The Kier molecular flexibility index (Phi) is 5.77. The van der Waals surface area contributed by atoms with E-state index in [0.29, 0.717) is 12.6 Å². The van der Waals surface area contributed by atoms with Gasteiger partial charge in [-0.25, -0.2) is 0 Å². The summed E-state index contributed by atoms with van der Waals surface area (Å²) in [6.45, 7) is 0.545. The highest BCUT2D eigenvalue weighted by atomic mass is 35.5. The third-order valence-electron chi connectivity index (χ3n) is 4.33. The number of halogens is 4. The fraction of sp³-hybridized carbons (Fsp3) is 0.294. The molecule has 1 aromatic heterocycles. The Labute approximate surface area is 153 Å². The van der Waals surface area contributed by atoms with Gasteiger partial charge >= 0.3 is 6.18 Å². The van der Waals surface area contributed by atoms with Crippen molar-refractivity contribution in [3.8, 4) is 0 Å². The molecule has 0 bridgehead atoms. The van der Waals surface area contributed by atoms with Crippen molar-refractivity contribution >= 4 is 18.3 Å². The fourth-order valence-electron chi connectivity index (χ4n) is 3.03. The minimum atomic E-state index is -4.67. The first-order valence-electron chi connectivity index (χ1n) is 7.67. The predicted molar refractivity (Wildman–Crippen MR) is 92.4 cm³/mol. The van der Waals surface area contributed by atoms with Crippen LogP contribution in [0.25, 0.3) is 0 Å². The van der Waals surface area contributed by atoms with Crippen LogP contribution >= 0.6 is 12.4 Å². The van der Waals surface area contributed by atoms with E-state index < -0.39 is 23.3 Å². The van der Waals surface area contributed by atoms with Crippen LogP contribution in [0.3, 0.4) is 0 Å². The standard InChI is InChI=1S/C17H16F3N3O2.ClH/c18-17(19,20)14-7-6-11(15(24)22-14)16(25)23-8-12(13(21)9-23)10-4-2-1-3-5-10;/h1-7,12-13H,8-9,21H2,(H,22,24);1H/t12-,13+;/m0./s1. The van der Waals surface area contributed by atoms with E-state index in [1.54, 1.807) is 4.98 Å². The van der Waals surface area contributed by atoms with Gasteiger partial charge in [0.1, 0.15) is 11.3 Å². The van der Waals surface area contributed by atoms with E-state index in [2.05, 4.69) is 0 Å². The minimum absolute atomic E-state index is 0. The Balaban J connectivity index is 0.00000243. The summed E-state index contributed by atoms with van der Waals surface area (Å²) in [7, 11) is 0. The number of H-pyrrole nitrogens is 1. The molecule has 26 heavy (non-hydrogen) atoms. The number of nitrogens with one attached hydrogen (secondary N) is 1. The SMILES string of the molecule is Cl.N[C@@H]1CN(C(=O)c2ccc(C(F)(F)F)[nH]c2=O)C[C@H]1c1ccccc1. The molecule has 2 aromatic rings. The molecule has 2 heterocycles. The molecule has 9 heteroatoms. The zero-order valence-electron chi connectivity index (χ0n) is 13.5. The van der Waals surface area contributed by atoms with Crippen LogP contribution in [0.2, 0.25) is 0 Å². The average molecular weight is 388 g/mol. The van der Waals surface area contributed by atoms with Crippen LogP contribution in [0, 0.1) is 0 Å². The van der Waals surface area contributed by atoms with Gasteiger partial charge in [0.15, 0.2) is 0 Å². The van der Waals surface area contributed by atoms with Crippen LogP contribution in [0.5, 0.6) is 0 Å². The maximum absolute atomic E-state index is 12.6. The van der Waals surface area contributed by atoms with Crippen LogP contribution in [-0.2, 0) is 6.18 Å². The maximum atomic E-state index is 12.6. The molecule has 2 atom stereocenters. The van der Waals surface area contributed by atoms with Gasteiger partial charge in [-0.15, -0.1) is 12.4 Å². The summed E-state index contributed by atoms with van der Waals surface area (Å²) in [6, 6.07) is 10.7. The van der Waals surface area contributed by atoms with Gasteiger partial charge in [0.2, 0.25) is 0 Å². The summed E-state index contributed by atoms with van der Waals surface area (Å²) < 4.78 is 37.8. The number of nitrogens with zero attached hydrogens (tertiary/aromatic N) is 1. The first-order valence-corrected chi connectivity index (χ1v) is 7.67. The normalized spacial score (nSPS) is 19.9. The number of rotatable bonds is 2. The molecule has 0 radical (unpaired) electrons. The largest absolute Gasteiger partial charge is 0.431 e. The summed E-state index contributed by atoms with van der Waals surface area (Å²) in [5.74, 6) is -0.706. The lowest BCUT2D eigenvalue weighted by Gasteiger charge is -2.16. The second-order valence-corrected chi connectivity index (χ2v) is 6.00. The van der Waals surface area contributed by atoms with Crippen molar-refractivity contribution in [1.82, 2.24) is 9.88 Å². The number of carbonyl (C=O) groups excluding carboxylic acids is 1. The van der Waals surface area contributed by atoms with E-state index in [-0.39, 0.29) is 36.5 Å². The number of benzene rings is 1. The van der Waals surface area contributed by atoms with Crippen LogP contribution in [0.15, 0.2) is 47.3 Å². The molecule has 1 aromatic carbocycles. The number of carbonyl (C=O) groups is 1. The van der Waals surface area contributed by atoms with Crippen molar-refractivity contribution in [2.75, 3.05) is 13.1 Å². The van der Waals surface area contributed by atoms with Crippen LogP contribution < -0.4 is 11.3 Å². The Bertz CT molecular complexity index is 839. The Hall–Kier alpha value is -2.32. The molecular formula is C17H17ClF3N3O2. The average Bonchev–Trinajstić information content (AvgIpc) is 2.96. The van der Waals surface area contributed by atoms with Crippen molar-refractivity contribution in [2.45, 2.75) is 18.1 Å². The molecule has 1 amide bonds. The molecule has 1 aliphatic rings. The number of likely N-dealkylation sites (tertiary alicyclic amines) is 1. The Morgan fingerprint density at radius 2 is 1.77 bits per heavy atom. The third-order valence-corrected chi connectivity index (χ3v) is 4.33. The van der Waals surface area contributed by atoms with E-state index in [4.69, 9.17) is 5.73 Å².